The highest BCUT2D eigenvalue weighted by atomic mass is 16.5. The summed E-state index contributed by atoms with van der Waals surface area (Å²) in [6.07, 6.45) is 1.67. The number of hydrogen-bond donors (Lipinski definition) is 0. The number of likely N-dealkylation sites (N-methyl/N-ethyl adjacent to an activating group) is 1. The van der Waals surface area contributed by atoms with E-state index >= 15 is 0 Å². The lowest BCUT2D eigenvalue weighted by Crippen LogP contribution is -2.30. The van der Waals surface area contributed by atoms with E-state index in [0.29, 0.717) is 12.1 Å². The van der Waals surface area contributed by atoms with Crippen LogP contribution in [0.4, 0.5) is 0 Å². The van der Waals surface area contributed by atoms with Crippen LogP contribution in [0.1, 0.15) is 20.3 Å². The van der Waals surface area contributed by atoms with Crippen molar-refractivity contribution in [2.45, 2.75) is 32.4 Å². The molecule has 3 heteroatoms. The molecule has 0 aromatic heterocycles. The molecular weight excluding hydrogens is 176 g/mol. The highest BCUT2D eigenvalue weighted by molar-refractivity contribution is 4.78. The van der Waals surface area contributed by atoms with Crippen LogP contribution in [0.2, 0.25) is 0 Å². The van der Waals surface area contributed by atoms with Crippen LogP contribution in [0.25, 0.3) is 0 Å². The van der Waals surface area contributed by atoms with Gasteiger partial charge in [-0.15, -0.1) is 0 Å². The topological polar surface area (TPSA) is 15.7 Å². The van der Waals surface area contributed by atoms with Gasteiger partial charge in [-0.3, -0.25) is 4.90 Å². The van der Waals surface area contributed by atoms with Crippen molar-refractivity contribution in [1.82, 2.24) is 9.80 Å². The van der Waals surface area contributed by atoms with E-state index in [-0.39, 0.29) is 0 Å². The van der Waals surface area contributed by atoms with Crippen LogP contribution in [0, 0.1) is 0 Å². The summed E-state index contributed by atoms with van der Waals surface area (Å²) < 4.78 is 5.81. The Kier molecular flexibility index (Phi) is 4.85. The van der Waals surface area contributed by atoms with Crippen molar-refractivity contribution in [3.05, 3.63) is 0 Å². The minimum Gasteiger partial charge on any atom is -0.376 e. The Morgan fingerprint density at radius 3 is 2.64 bits per heavy atom. The van der Waals surface area contributed by atoms with Gasteiger partial charge in [0.15, 0.2) is 0 Å². The molecule has 1 unspecified atom stereocenters. The van der Waals surface area contributed by atoms with Gasteiger partial charge in [-0.1, -0.05) is 0 Å². The predicted molar refractivity (Wildman–Crippen MR) is 59.6 cm³/mol. The van der Waals surface area contributed by atoms with Crippen molar-refractivity contribution in [3.63, 3.8) is 0 Å². The van der Waals surface area contributed by atoms with E-state index in [2.05, 4.69) is 37.7 Å². The Morgan fingerprint density at radius 2 is 2.14 bits per heavy atom. The molecule has 1 atom stereocenters. The van der Waals surface area contributed by atoms with Gasteiger partial charge in [-0.05, 0) is 34.4 Å². The largest absolute Gasteiger partial charge is 0.376 e. The second kappa shape index (κ2) is 5.69. The Morgan fingerprint density at radius 1 is 1.43 bits per heavy atom. The second-order valence-corrected chi connectivity index (χ2v) is 4.67. The molecule has 0 spiro atoms. The smallest absolute Gasteiger partial charge is 0.0714 e. The fourth-order valence-electron chi connectivity index (χ4n) is 1.76. The SMILES string of the molecule is CC(C)N1CCC(OCCN(C)C)C1. The summed E-state index contributed by atoms with van der Waals surface area (Å²) >= 11 is 0. The third-order valence-electron chi connectivity index (χ3n) is 2.80. The monoisotopic (exact) mass is 200 g/mol. The number of ether oxygens (including phenoxy) is 1. The zero-order chi connectivity index (χ0) is 10.6. The maximum Gasteiger partial charge on any atom is 0.0714 e. The van der Waals surface area contributed by atoms with E-state index in [4.69, 9.17) is 4.74 Å². The summed E-state index contributed by atoms with van der Waals surface area (Å²) in [6.45, 7) is 8.71. The molecule has 1 rings (SSSR count). The molecule has 0 saturated carbocycles. The Hall–Kier alpha value is -0.120. The van der Waals surface area contributed by atoms with Crippen molar-refractivity contribution < 1.29 is 4.74 Å². The van der Waals surface area contributed by atoms with Crippen molar-refractivity contribution in [2.75, 3.05) is 40.3 Å². The molecule has 0 aromatic rings. The highest BCUT2D eigenvalue weighted by Gasteiger charge is 2.24. The van der Waals surface area contributed by atoms with E-state index in [0.717, 1.165) is 19.7 Å². The van der Waals surface area contributed by atoms with Gasteiger partial charge in [0.2, 0.25) is 0 Å². The molecule has 0 N–H and O–H groups in total. The summed E-state index contributed by atoms with van der Waals surface area (Å²) in [5, 5.41) is 0. The predicted octanol–water partition coefficient (Wildman–Crippen LogP) is 1.05. The van der Waals surface area contributed by atoms with Gasteiger partial charge in [-0.2, -0.15) is 0 Å². The summed E-state index contributed by atoms with van der Waals surface area (Å²) in [5.41, 5.74) is 0. The van der Waals surface area contributed by atoms with Crippen LogP contribution < -0.4 is 0 Å². The van der Waals surface area contributed by atoms with Gasteiger partial charge in [0.1, 0.15) is 0 Å². The van der Waals surface area contributed by atoms with Crippen LogP contribution in [0.15, 0.2) is 0 Å². The second-order valence-electron chi connectivity index (χ2n) is 4.67. The zero-order valence-electron chi connectivity index (χ0n) is 9.99. The number of hydrogen-bond acceptors (Lipinski definition) is 3. The summed E-state index contributed by atoms with van der Waals surface area (Å²) in [6, 6.07) is 0.664. The van der Waals surface area contributed by atoms with E-state index in [1.807, 2.05) is 0 Å². The van der Waals surface area contributed by atoms with E-state index < -0.39 is 0 Å². The van der Waals surface area contributed by atoms with Gasteiger partial charge < -0.3 is 9.64 Å². The maximum absolute atomic E-state index is 5.81. The Bertz CT molecular complexity index is 159. The first-order valence-electron chi connectivity index (χ1n) is 5.60. The first-order valence-corrected chi connectivity index (χ1v) is 5.60. The third-order valence-corrected chi connectivity index (χ3v) is 2.80. The van der Waals surface area contributed by atoms with E-state index in [9.17, 15) is 0 Å². The highest BCUT2D eigenvalue weighted by Crippen LogP contribution is 2.14. The van der Waals surface area contributed by atoms with Crippen molar-refractivity contribution >= 4 is 0 Å². The molecule has 0 radical (unpaired) electrons. The standard InChI is InChI=1S/C11H24N2O/c1-10(2)13-6-5-11(9-13)14-8-7-12(3)4/h10-11H,5-9H2,1-4H3. The summed E-state index contributed by atoms with van der Waals surface area (Å²) in [7, 11) is 4.16. The lowest BCUT2D eigenvalue weighted by Gasteiger charge is -2.20. The third kappa shape index (κ3) is 3.95. The molecule has 84 valence electrons. The number of likely N-dealkylation sites (tertiary alicyclic amines) is 1. The zero-order valence-corrected chi connectivity index (χ0v) is 9.99. The first-order chi connectivity index (χ1) is 6.59. The number of rotatable bonds is 5. The molecule has 1 fully saturated rings. The lowest BCUT2D eigenvalue weighted by atomic mass is 10.3. The molecule has 0 amide bonds. The molecule has 1 saturated heterocycles. The van der Waals surface area contributed by atoms with E-state index in [1.165, 1.54) is 13.0 Å². The minimum atomic E-state index is 0.470. The molecule has 0 bridgehead atoms. The fourth-order valence-corrected chi connectivity index (χ4v) is 1.76. The van der Waals surface area contributed by atoms with Crippen LogP contribution >= 0.6 is 0 Å². The lowest BCUT2D eigenvalue weighted by molar-refractivity contribution is 0.0477. The minimum absolute atomic E-state index is 0.470. The average molecular weight is 200 g/mol. The molecule has 0 aromatic carbocycles. The van der Waals surface area contributed by atoms with E-state index in [1.54, 1.807) is 0 Å². The molecular formula is C11H24N2O. The molecule has 0 aliphatic carbocycles. The Balaban J connectivity index is 2.10. The maximum atomic E-state index is 5.81. The van der Waals surface area contributed by atoms with Crippen molar-refractivity contribution in [1.29, 1.82) is 0 Å². The molecule has 14 heavy (non-hydrogen) atoms. The first kappa shape index (κ1) is 12.0. The van der Waals surface area contributed by atoms with Crippen molar-refractivity contribution in [2.24, 2.45) is 0 Å². The van der Waals surface area contributed by atoms with Crippen LogP contribution in [0.3, 0.4) is 0 Å². The van der Waals surface area contributed by atoms with Gasteiger partial charge in [-0.25, -0.2) is 0 Å². The fraction of sp³-hybridized carbons (Fsp3) is 1.00. The van der Waals surface area contributed by atoms with Gasteiger partial charge in [0.05, 0.1) is 12.7 Å². The van der Waals surface area contributed by atoms with Gasteiger partial charge in [0.25, 0.3) is 0 Å². The summed E-state index contributed by atoms with van der Waals surface area (Å²) in [4.78, 5) is 4.65. The molecule has 3 nitrogen and oxygen atoms in total. The summed E-state index contributed by atoms with van der Waals surface area (Å²) in [5.74, 6) is 0. The normalized spacial score (nSPS) is 24.0. The quantitative estimate of drug-likeness (QED) is 0.659. The molecule has 1 aliphatic rings. The molecule has 1 aliphatic heterocycles. The molecule has 1 heterocycles. The number of nitrogens with zero attached hydrogens (tertiary/aromatic N) is 2. The van der Waals surface area contributed by atoms with Crippen LogP contribution in [-0.4, -0.2) is 62.3 Å². The van der Waals surface area contributed by atoms with Crippen LogP contribution in [0.5, 0.6) is 0 Å². The van der Waals surface area contributed by atoms with Crippen LogP contribution in [-0.2, 0) is 4.74 Å². The van der Waals surface area contributed by atoms with Gasteiger partial charge >= 0.3 is 0 Å². The van der Waals surface area contributed by atoms with Gasteiger partial charge in [0, 0.05) is 25.7 Å². The Labute approximate surface area is 88.0 Å². The average Bonchev–Trinajstić information content (AvgIpc) is 2.52. The van der Waals surface area contributed by atoms with Crippen molar-refractivity contribution in [3.8, 4) is 0 Å².